The minimum absolute atomic E-state index is 0.175. The third-order valence-corrected chi connectivity index (χ3v) is 5.49. The van der Waals surface area contributed by atoms with Gasteiger partial charge in [-0.25, -0.2) is 13.1 Å². The van der Waals surface area contributed by atoms with Gasteiger partial charge >= 0.3 is 0 Å². The van der Waals surface area contributed by atoms with Gasteiger partial charge in [-0.2, -0.15) is 0 Å². The van der Waals surface area contributed by atoms with Crippen molar-refractivity contribution in [3.8, 4) is 0 Å². The van der Waals surface area contributed by atoms with E-state index >= 15 is 0 Å². The molecule has 0 unspecified atom stereocenters. The quantitative estimate of drug-likeness (QED) is 0.786. The molecular weight excluding hydrogens is 353 g/mol. The van der Waals surface area contributed by atoms with E-state index in [1.54, 1.807) is 18.2 Å². The number of aryl methyl sites for hydroxylation is 1. The molecule has 3 nitrogen and oxygen atoms in total. The van der Waals surface area contributed by atoms with E-state index in [4.69, 9.17) is 23.2 Å². The minimum atomic E-state index is -3.52. The van der Waals surface area contributed by atoms with Crippen LogP contribution in [0.2, 0.25) is 10.0 Å². The molecule has 0 radical (unpaired) electrons. The molecular formula is C17H19Cl2NO2S. The van der Waals surface area contributed by atoms with Gasteiger partial charge in [-0.3, -0.25) is 0 Å². The third kappa shape index (κ3) is 5.21. The molecule has 2 aromatic rings. The van der Waals surface area contributed by atoms with Crippen molar-refractivity contribution < 1.29 is 8.42 Å². The van der Waals surface area contributed by atoms with Crippen LogP contribution in [0.15, 0.2) is 42.5 Å². The molecule has 0 saturated heterocycles. The Labute approximate surface area is 147 Å². The first-order valence-electron chi connectivity index (χ1n) is 7.31. The van der Waals surface area contributed by atoms with Gasteiger partial charge in [0.05, 0.1) is 5.75 Å². The highest BCUT2D eigenvalue weighted by molar-refractivity contribution is 7.88. The van der Waals surface area contributed by atoms with Crippen molar-refractivity contribution in [2.45, 2.75) is 32.1 Å². The standard InChI is InChI=1S/C17H19Cl2NO2S/c1-3-17(13-6-4-12(2)5-7-13)20-23(21,22)11-14-8-9-15(18)10-16(14)19/h4-10,17,20H,3,11H2,1-2H3/t17-/m1/s1. The van der Waals surface area contributed by atoms with Gasteiger partial charge in [0.2, 0.25) is 10.0 Å². The largest absolute Gasteiger partial charge is 0.216 e. The zero-order valence-electron chi connectivity index (χ0n) is 13.0. The summed E-state index contributed by atoms with van der Waals surface area (Å²) >= 11 is 11.9. The summed E-state index contributed by atoms with van der Waals surface area (Å²) in [6.45, 7) is 3.94. The Bertz CT molecular complexity index is 774. The summed E-state index contributed by atoms with van der Waals surface area (Å²) in [7, 11) is -3.52. The second-order valence-electron chi connectivity index (χ2n) is 5.48. The van der Waals surface area contributed by atoms with Crippen LogP contribution in [0.1, 0.15) is 36.1 Å². The number of nitrogens with one attached hydrogen (secondary N) is 1. The maximum Gasteiger partial charge on any atom is 0.216 e. The second kappa shape index (κ2) is 7.67. The molecule has 0 saturated carbocycles. The van der Waals surface area contributed by atoms with E-state index in [2.05, 4.69) is 4.72 Å². The SMILES string of the molecule is CC[C@@H](NS(=O)(=O)Cc1ccc(Cl)cc1Cl)c1ccc(C)cc1. The summed E-state index contributed by atoms with van der Waals surface area (Å²) < 4.78 is 27.6. The van der Waals surface area contributed by atoms with Crippen LogP contribution in [-0.4, -0.2) is 8.42 Å². The fourth-order valence-corrected chi connectivity index (χ4v) is 4.32. The normalized spacial score (nSPS) is 13.0. The summed E-state index contributed by atoms with van der Waals surface area (Å²) in [5.74, 6) is -0.175. The van der Waals surface area contributed by atoms with Gasteiger partial charge in [-0.1, -0.05) is 66.0 Å². The van der Waals surface area contributed by atoms with Crippen LogP contribution in [0.5, 0.6) is 0 Å². The summed E-state index contributed by atoms with van der Waals surface area (Å²) in [5.41, 5.74) is 2.62. The summed E-state index contributed by atoms with van der Waals surface area (Å²) in [4.78, 5) is 0. The molecule has 1 atom stereocenters. The third-order valence-electron chi connectivity index (χ3n) is 3.57. The van der Waals surface area contributed by atoms with Gasteiger partial charge in [0.15, 0.2) is 0 Å². The van der Waals surface area contributed by atoms with Gasteiger partial charge in [0.1, 0.15) is 0 Å². The molecule has 0 aliphatic heterocycles. The molecule has 1 N–H and O–H groups in total. The second-order valence-corrected chi connectivity index (χ2v) is 8.08. The van der Waals surface area contributed by atoms with E-state index in [-0.39, 0.29) is 11.8 Å². The van der Waals surface area contributed by atoms with Gasteiger partial charge in [-0.05, 0) is 36.6 Å². The van der Waals surface area contributed by atoms with Gasteiger partial charge in [-0.15, -0.1) is 0 Å². The van der Waals surface area contributed by atoms with Crippen LogP contribution in [0.3, 0.4) is 0 Å². The van der Waals surface area contributed by atoms with Crippen LogP contribution >= 0.6 is 23.2 Å². The molecule has 0 heterocycles. The number of hydrogen-bond donors (Lipinski definition) is 1. The molecule has 124 valence electrons. The predicted octanol–water partition coefficient (Wildman–Crippen LogP) is 4.87. The molecule has 23 heavy (non-hydrogen) atoms. The molecule has 0 spiro atoms. The van der Waals surface area contributed by atoms with E-state index < -0.39 is 10.0 Å². The highest BCUT2D eigenvalue weighted by Gasteiger charge is 2.20. The smallest absolute Gasteiger partial charge is 0.212 e. The maximum atomic E-state index is 12.4. The number of hydrogen-bond acceptors (Lipinski definition) is 2. The van der Waals surface area contributed by atoms with E-state index in [1.807, 2.05) is 38.1 Å². The highest BCUT2D eigenvalue weighted by atomic mass is 35.5. The zero-order valence-corrected chi connectivity index (χ0v) is 15.3. The Balaban J connectivity index is 2.17. The van der Waals surface area contributed by atoms with Crippen molar-refractivity contribution in [1.82, 2.24) is 4.72 Å². The van der Waals surface area contributed by atoms with Crippen LogP contribution in [-0.2, 0) is 15.8 Å². The Morgan fingerprint density at radius 1 is 1.09 bits per heavy atom. The highest BCUT2D eigenvalue weighted by Crippen LogP contribution is 2.24. The summed E-state index contributed by atoms with van der Waals surface area (Å²) in [6.07, 6.45) is 0.663. The van der Waals surface area contributed by atoms with E-state index in [1.165, 1.54) is 0 Å². The van der Waals surface area contributed by atoms with Crippen molar-refractivity contribution >= 4 is 33.2 Å². The van der Waals surface area contributed by atoms with Gasteiger partial charge in [0.25, 0.3) is 0 Å². The van der Waals surface area contributed by atoms with Gasteiger partial charge < -0.3 is 0 Å². The van der Waals surface area contributed by atoms with E-state index in [0.717, 1.165) is 11.1 Å². The Morgan fingerprint density at radius 3 is 2.30 bits per heavy atom. The van der Waals surface area contributed by atoms with Crippen molar-refractivity contribution in [2.24, 2.45) is 0 Å². The van der Waals surface area contributed by atoms with Crippen molar-refractivity contribution in [3.05, 3.63) is 69.2 Å². The lowest BCUT2D eigenvalue weighted by Crippen LogP contribution is -2.29. The van der Waals surface area contributed by atoms with Crippen LogP contribution in [0, 0.1) is 6.92 Å². The van der Waals surface area contributed by atoms with Gasteiger partial charge in [0, 0.05) is 16.1 Å². The fraction of sp³-hybridized carbons (Fsp3) is 0.294. The predicted molar refractivity (Wildman–Crippen MR) is 96.4 cm³/mol. The molecule has 2 aromatic carbocycles. The van der Waals surface area contributed by atoms with Crippen molar-refractivity contribution in [3.63, 3.8) is 0 Å². The topological polar surface area (TPSA) is 46.2 Å². The first-order valence-corrected chi connectivity index (χ1v) is 9.72. The molecule has 0 aliphatic rings. The molecule has 0 aliphatic carbocycles. The van der Waals surface area contributed by atoms with Crippen LogP contribution < -0.4 is 4.72 Å². The first kappa shape index (κ1) is 18.3. The zero-order chi connectivity index (χ0) is 17.0. The Kier molecular flexibility index (Phi) is 6.09. The Morgan fingerprint density at radius 2 is 1.74 bits per heavy atom. The fourth-order valence-electron chi connectivity index (χ4n) is 2.29. The Hall–Kier alpha value is -1.07. The average Bonchev–Trinajstić information content (AvgIpc) is 2.49. The molecule has 0 amide bonds. The number of halogens is 2. The lowest BCUT2D eigenvalue weighted by molar-refractivity contribution is 0.549. The van der Waals surface area contributed by atoms with E-state index in [9.17, 15) is 8.42 Å². The number of sulfonamides is 1. The molecule has 6 heteroatoms. The monoisotopic (exact) mass is 371 g/mol. The molecule has 0 bridgehead atoms. The first-order chi connectivity index (χ1) is 10.8. The van der Waals surface area contributed by atoms with Crippen molar-refractivity contribution in [1.29, 1.82) is 0 Å². The average molecular weight is 372 g/mol. The number of benzene rings is 2. The van der Waals surface area contributed by atoms with Crippen molar-refractivity contribution in [2.75, 3.05) is 0 Å². The number of rotatable bonds is 6. The van der Waals surface area contributed by atoms with E-state index in [0.29, 0.717) is 22.0 Å². The minimum Gasteiger partial charge on any atom is -0.212 e. The molecule has 0 fully saturated rings. The van der Waals surface area contributed by atoms with Crippen LogP contribution in [0.25, 0.3) is 0 Å². The maximum absolute atomic E-state index is 12.4. The molecule has 2 rings (SSSR count). The summed E-state index contributed by atoms with van der Waals surface area (Å²) in [6, 6.07) is 12.4. The molecule has 0 aromatic heterocycles. The van der Waals surface area contributed by atoms with Crippen LogP contribution in [0.4, 0.5) is 0 Å². The lowest BCUT2D eigenvalue weighted by atomic mass is 10.0. The summed E-state index contributed by atoms with van der Waals surface area (Å²) in [5, 5.41) is 0.835. The lowest BCUT2D eigenvalue weighted by Gasteiger charge is -2.18.